The van der Waals surface area contributed by atoms with E-state index in [9.17, 15) is 0 Å². The lowest BCUT2D eigenvalue weighted by Crippen LogP contribution is -0.856. The first-order chi connectivity index (χ1) is 5.00. The number of hydrogen-bond donors (Lipinski definition) is 0. The van der Waals surface area contributed by atoms with Gasteiger partial charge in [-0.25, -0.2) is 0 Å². The van der Waals surface area contributed by atoms with Crippen LogP contribution in [0, 0.1) is 19.9 Å². The average Bonchev–Trinajstić information content (AvgIpc) is 2.20. The van der Waals surface area contributed by atoms with Gasteiger partial charge in [0, 0.05) is 19.9 Å². The molecule has 98 valence electrons. The van der Waals surface area contributed by atoms with Crippen LogP contribution in [0.2, 0.25) is 0 Å². The van der Waals surface area contributed by atoms with E-state index in [0.717, 1.165) is 0 Å². The normalized spacial score (nSPS) is 1.86. The fourth-order valence-corrected chi connectivity index (χ4v) is 0. The van der Waals surface area contributed by atoms with Gasteiger partial charge >= 0.3 is 0 Å². The average molecular weight is 236 g/mol. The van der Waals surface area contributed by atoms with Crippen molar-refractivity contribution in [1.82, 2.24) is 0 Å². The molecule has 0 bridgehead atoms. The van der Waals surface area contributed by atoms with E-state index in [1.54, 1.807) is 0 Å². The molecule has 1 atom stereocenters. The van der Waals surface area contributed by atoms with Crippen molar-refractivity contribution < 1.29 is 0 Å². The molecule has 0 radical (unpaired) electrons. The maximum absolute atomic E-state index is 7.00. The number of hydrogen-bond acceptors (Lipinski definition) is 4. The summed E-state index contributed by atoms with van der Waals surface area (Å²) in [5, 5.41) is 0. The molecule has 0 heterocycles. The summed E-state index contributed by atoms with van der Waals surface area (Å²) in [5.41, 5.74) is 0. The van der Waals surface area contributed by atoms with Crippen LogP contribution in [-0.2, 0) is 0 Å². The Kier molecular flexibility index (Phi) is 90400. The third kappa shape index (κ3) is 9600. The largest absolute Gasteiger partial charge is 0.141 e. The Hall–Kier alpha value is -0.370. The molecule has 0 amide bonds. The predicted molar refractivity (Wildman–Crippen MR) is 78.7 cm³/mol. The van der Waals surface area contributed by atoms with Crippen molar-refractivity contribution in [2.75, 3.05) is 6.66 Å². The first-order valence-electron chi connectivity index (χ1n) is 2.91. The molecule has 0 saturated carbocycles. The standard InChI is InChI=1S/2C2H6.CH5P.4CH4.2O2/c3*1-2;;;;;2*1-2/h2*1-2H3;2H2,1H3;4*1H4;;. The third-order valence-electron chi connectivity index (χ3n) is 0. The monoisotopic (exact) mass is 236 g/mol. The van der Waals surface area contributed by atoms with Crippen LogP contribution in [-0.4, -0.2) is 6.66 Å². The summed E-state index contributed by atoms with van der Waals surface area (Å²) in [5.74, 6) is 0. The molecular weight excluding hydrogens is 203 g/mol. The molecule has 0 N–H and O–H groups in total. The van der Waals surface area contributed by atoms with E-state index in [1.807, 2.05) is 34.4 Å². The lowest BCUT2D eigenvalue weighted by molar-refractivity contribution is 1.50. The highest BCUT2D eigenvalue weighted by Crippen LogP contribution is 1.46. The fraction of sp³-hybridized carbons (Fsp3) is 1.00. The van der Waals surface area contributed by atoms with Gasteiger partial charge in [-0.05, 0) is 0 Å². The molecule has 0 saturated heterocycles. The van der Waals surface area contributed by atoms with Crippen molar-refractivity contribution in [3.63, 3.8) is 0 Å². The van der Waals surface area contributed by atoms with Gasteiger partial charge < -0.3 is 0 Å². The summed E-state index contributed by atoms with van der Waals surface area (Å²) < 4.78 is 0. The van der Waals surface area contributed by atoms with Crippen molar-refractivity contribution in [2.45, 2.75) is 57.4 Å². The molecule has 0 aromatic heterocycles. The minimum Gasteiger partial charge on any atom is -0.141 e. The summed E-state index contributed by atoms with van der Waals surface area (Å²) in [6.07, 6.45) is 0. The molecule has 0 aliphatic carbocycles. The minimum atomic E-state index is 0. The third-order valence-corrected chi connectivity index (χ3v) is 0. The van der Waals surface area contributed by atoms with Gasteiger partial charge in [0.1, 0.15) is 0 Å². The Morgan fingerprint density at radius 2 is 0.500 bits per heavy atom. The molecule has 0 aromatic rings. The van der Waals surface area contributed by atoms with E-state index in [-0.39, 0.29) is 29.7 Å². The zero-order valence-corrected chi connectivity index (χ0v) is 8.37. The molecule has 1 unspecified atom stereocenters. The Bertz CT molecular complexity index is 18.8. The maximum Gasteiger partial charge on any atom is 0 e. The van der Waals surface area contributed by atoms with E-state index < -0.39 is 0 Å². The maximum atomic E-state index is 7.00. The molecule has 0 aliphatic heterocycles. The molecule has 0 aliphatic rings. The fourth-order valence-electron chi connectivity index (χ4n) is 0. The summed E-state index contributed by atoms with van der Waals surface area (Å²) >= 11 is 0. The smallest absolute Gasteiger partial charge is 0 e. The van der Waals surface area contributed by atoms with Crippen LogP contribution in [0.4, 0.5) is 0 Å². The van der Waals surface area contributed by atoms with Gasteiger partial charge in [-0.3, -0.25) is 0 Å². The molecular formula is C9H33O4P. The highest BCUT2D eigenvalue weighted by atomic mass is 31.0. The molecule has 0 rings (SSSR count). The SMILES string of the molecule is C.C.C.C.CC.CC.CP.O=O.O=O. The molecule has 0 fully saturated rings. The summed E-state index contributed by atoms with van der Waals surface area (Å²) in [7, 11) is 2.42. The Morgan fingerprint density at radius 3 is 0.500 bits per heavy atom. The topological polar surface area (TPSA) is 68.3 Å². The molecule has 5 heteroatoms. The van der Waals surface area contributed by atoms with Crippen LogP contribution in [0.25, 0.3) is 0 Å². The predicted octanol–water partition coefficient (Wildman–Crippen LogP) is 5.22. The zero-order chi connectivity index (χ0) is 10.0. The van der Waals surface area contributed by atoms with E-state index in [4.69, 9.17) is 19.9 Å². The van der Waals surface area contributed by atoms with Gasteiger partial charge in [0.05, 0.1) is 0 Å². The quantitative estimate of drug-likeness (QED) is 0.540. The summed E-state index contributed by atoms with van der Waals surface area (Å²) in [4.78, 5) is 28.0. The Morgan fingerprint density at radius 1 is 0.500 bits per heavy atom. The van der Waals surface area contributed by atoms with Gasteiger partial charge in [-0.15, -0.1) is 9.24 Å². The van der Waals surface area contributed by atoms with Crippen LogP contribution < -0.4 is 0 Å². The van der Waals surface area contributed by atoms with Crippen LogP contribution in [0.3, 0.4) is 0 Å². The zero-order valence-electron chi connectivity index (χ0n) is 7.21. The van der Waals surface area contributed by atoms with Gasteiger partial charge in [0.2, 0.25) is 0 Å². The van der Waals surface area contributed by atoms with Crippen molar-refractivity contribution in [2.24, 2.45) is 0 Å². The van der Waals surface area contributed by atoms with Crippen LogP contribution in [0.15, 0.2) is 0 Å². The van der Waals surface area contributed by atoms with E-state index in [0.29, 0.717) is 0 Å². The lowest BCUT2D eigenvalue weighted by atomic mass is 11.0. The highest BCUT2D eigenvalue weighted by molar-refractivity contribution is 7.15. The molecule has 0 spiro atoms. The van der Waals surface area contributed by atoms with Gasteiger partial charge in [0.15, 0.2) is 0 Å². The first-order valence-corrected chi connectivity index (χ1v) is 4.07. The van der Waals surface area contributed by atoms with Crippen molar-refractivity contribution in [3.05, 3.63) is 19.9 Å². The molecule has 0 aromatic carbocycles. The highest BCUT2D eigenvalue weighted by Gasteiger charge is 0.934. The number of rotatable bonds is 0. The lowest BCUT2D eigenvalue weighted by Gasteiger charge is -1.10. The van der Waals surface area contributed by atoms with Gasteiger partial charge in [0.25, 0.3) is 0 Å². The minimum absolute atomic E-state index is 0. The van der Waals surface area contributed by atoms with Crippen LogP contribution in [0.5, 0.6) is 0 Å². The van der Waals surface area contributed by atoms with Crippen molar-refractivity contribution in [3.8, 4) is 0 Å². The first kappa shape index (κ1) is 101. The second kappa shape index (κ2) is 12500. The van der Waals surface area contributed by atoms with E-state index in [1.165, 1.54) is 0 Å². The van der Waals surface area contributed by atoms with Crippen LogP contribution in [0.1, 0.15) is 57.4 Å². The van der Waals surface area contributed by atoms with Gasteiger partial charge in [-0.1, -0.05) is 64.1 Å². The second-order valence-corrected chi connectivity index (χ2v) is 0. The summed E-state index contributed by atoms with van der Waals surface area (Å²) in [6.45, 7) is 9.92. The Labute approximate surface area is 93.9 Å². The van der Waals surface area contributed by atoms with E-state index >= 15 is 0 Å². The van der Waals surface area contributed by atoms with Crippen molar-refractivity contribution >= 4 is 9.24 Å². The van der Waals surface area contributed by atoms with Crippen LogP contribution >= 0.6 is 9.24 Å². The second-order valence-electron chi connectivity index (χ2n) is 0. The summed E-state index contributed by atoms with van der Waals surface area (Å²) in [6, 6.07) is 0. The molecule has 4 nitrogen and oxygen atoms in total. The van der Waals surface area contributed by atoms with Crippen molar-refractivity contribution in [1.29, 1.82) is 0 Å². The van der Waals surface area contributed by atoms with Gasteiger partial charge in [-0.2, -0.15) is 0 Å². The molecule has 14 heavy (non-hydrogen) atoms. The Balaban J connectivity index is -0.00000000298. The van der Waals surface area contributed by atoms with E-state index in [2.05, 4.69) is 9.24 Å².